The number of carboxylic acid groups (broad SMARTS) is 1. The molecule has 0 aromatic heterocycles. The van der Waals surface area contributed by atoms with E-state index in [9.17, 15) is 4.79 Å². The lowest BCUT2D eigenvalue weighted by molar-refractivity contribution is -0.131. The molecule has 1 aliphatic heterocycles. The number of carboxylic acids is 1. The third-order valence-corrected chi connectivity index (χ3v) is 4.07. The summed E-state index contributed by atoms with van der Waals surface area (Å²) in [6, 6.07) is 3.89. The second-order valence-electron chi connectivity index (χ2n) is 5.75. The number of rotatable bonds is 4. The van der Waals surface area contributed by atoms with Crippen molar-refractivity contribution in [3.8, 4) is 11.5 Å². The maximum absolute atomic E-state index is 10.5. The molecule has 24 heavy (non-hydrogen) atoms. The van der Waals surface area contributed by atoms with Crippen LogP contribution in [0.25, 0.3) is 6.08 Å². The first-order valence-electron chi connectivity index (χ1n) is 8.21. The Balaban J connectivity index is 0.000000355. The van der Waals surface area contributed by atoms with E-state index >= 15 is 0 Å². The Kier molecular flexibility index (Phi) is 6.88. The summed E-state index contributed by atoms with van der Waals surface area (Å²) >= 11 is 0. The number of benzene rings is 1. The summed E-state index contributed by atoms with van der Waals surface area (Å²) in [5.41, 5.74) is 3.24. The van der Waals surface area contributed by atoms with E-state index < -0.39 is 5.97 Å². The number of aryl methyl sites for hydroxylation is 1. The Morgan fingerprint density at radius 3 is 2.33 bits per heavy atom. The molecule has 1 saturated heterocycles. The van der Waals surface area contributed by atoms with Gasteiger partial charge in [-0.15, -0.1) is 0 Å². The molecule has 3 rings (SSSR count). The van der Waals surface area contributed by atoms with Crippen molar-refractivity contribution in [2.45, 2.75) is 25.7 Å². The molecule has 1 fully saturated rings. The number of hydrogen-bond acceptors (Lipinski definition) is 4. The largest absolute Gasteiger partial charge is 0.493 e. The quantitative estimate of drug-likeness (QED) is 0.830. The highest BCUT2D eigenvalue weighted by atomic mass is 16.5. The van der Waals surface area contributed by atoms with Crippen LogP contribution in [0.2, 0.25) is 0 Å². The second-order valence-corrected chi connectivity index (χ2v) is 5.75. The third kappa shape index (κ3) is 5.13. The predicted octanol–water partition coefficient (Wildman–Crippen LogP) is 3.04. The Hall–Kier alpha value is -2.27. The van der Waals surface area contributed by atoms with E-state index in [1.807, 2.05) is 18.2 Å². The van der Waals surface area contributed by atoms with Crippen LogP contribution < -0.4 is 14.8 Å². The van der Waals surface area contributed by atoms with Gasteiger partial charge >= 0.3 is 5.97 Å². The number of aliphatic carboxylic acids is 1. The van der Waals surface area contributed by atoms with Crippen LogP contribution in [0.5, 0.6) is 11.5 Å². The highest BCUT2D eigenvalue weighted by Gasteiger charge is 2.14. The number of allylic oxidation sites excluding steroid dienone is 2. The molecule has 0 bridgehead atoms. The van der Waals surface area contributed by atoms with E-state index in [2.05, 4.69) is 5.32 Å². The number of hydrogen-bond donors (Lipinski definition) is 2. The third-order valence-electron chi connectivity index (χ3n) is 4.07. The fourth-order valence-corrected chi connectivity index (χ4v) is 2.77. The van der Waals surface area contributed by atoms with Crippen molar-refractivity contribution in [2.24, 2.45) is 0 Å². The van der Waals surface area contributed by atoms with Gasteiger partial charge in [-0.1, -0.05) is 12.2 Å². The molecule has 0 spiro atoms. The van der Waals surface area contributed by atoms with E-state index in [-0.39, 0.29) is 0 Å². The van der Waals surface area contributed by atoms with Gasteiger partial charge in [0.2, 0.25) is 0 Å². The Morgan fingerprint density at radius 1 is 1.12 bits per heavy atom. The summed E-state index contributed by atoms with van der Waals surface area (Å²) in [5, 5.41) is 11.9. The molecule has 5 nitrogen and oxygen atoms in total. The number of nitrogens with one attached hydrogen (secondary N) is 1. The molecule has 1 heterocycles. The normalized spacial score (nSPS) is 16.0. The minimum absolute atomic E-state index is 0.681. The molecule has 2 N–H and O–H groups in total. The number of ether oxygens (including phenoxy) is 2. The van der Waals surface area contributed by atoms with Crippen molar-refractivity contribution in [1.29, 1.82) is 0 Å². The van der Waals surface area contributed by atoms with E-state index in [4.69, 9.17) is 14.6 Å². The van der Waals surface area contributed by atoms with Crippen molar-refractivity contribution >= 4 is 12.0 Å². The number of fused-ring (bicyclic) bond motifs is 1. The summed E-state index contributed by atoms with van der Waals surface area (Å²) in [5.74, 6) is 0.471. The van der Waals surface area contributed by atoms with Crippen LogP contribution in [0.1, 0.15) is 30.4 Å². The van der Waals surface area contributed by atoms with E-state index in [0.29, 0.717) is 5.75 Å². The zero-order chi connectivity index (χ0) is 17.4. The lowest BCUT2D eigenvalue weighted by Gasteiger charge is -2.17. The number of methoxy groups -OCH3 is 2. The molecule has 1 aromatic rings. The molecule has 0 saturated carbocycles. The molecule has 0 amide bonds. The van der Waals surface area contributed by atoms with Gasteiger partial charge in [-0.25, -0.2) is 4.79 Å². The standard InChI is InChI=1S/C15H16O4.C4H9N/c1-18-13-8-11-5-3-10(4-6-15(16)17)7-12(11)9-14(13)19-2;1-2-4-5-3-1/h4,6-9H,3,5H2,1-2H3,(H,16,17);5H,1-4H2/b6-4+;. The summed E-state index contributed by atoms with van der Waals surface area (Å²) in [7, 11) is 3.21. The number of carbonyl (C=O) groups is 1. The van der Waals surface area contributed by atoms with Gasteiger partial charge in [0, 0.05) is 6.08 Å². The van der Waals surface area contributed by atoms with Gasteiger partial charge in [0.1, 0.15) is 0 Å². The highest BCUT2D eigenvalue weighted by molar-refractivity contribution is 5.81. The SMILES string of the molecule is C1CCNC1.COc1cc2c(cc1OC)CCC(/C=C/C(=O)O)=C2. The van der Waals surface area contributed by atoms with E-state index in [1.165, 1.54) is 31.5 Å². The van der Waals surface area contributed by atoms with Crippen molar-refractivity contribution < 1.29 is 19.4 Å². The van der Waals surface area contributed by atoms with Crippen LogP contribution >= 0.6 is 0 Å². The molecule has 1 aromatic carbocycles. The molecule has 130 valence electrons. The zero-order valence-corrected chi connectivity index (χ0v) is 14.3. The van der Waals surface area contributed by atoms with Gasteiger partial charge in [-0.2, -0.15) is 0 Å². The van der Waals surface area contributed by atoms with Crippen LogP contribution in [-0.4, -0.2) is 38.4 Å². The monoisotopic (exact) mass is 331 g/mol. The summed E-state index contributed by atoms with van der Waals surface area (Å²) < 4.78 is 10.5. The molecule has 5 heteroatoms. The Labute approximate surface area is 143 Å². The minimum atomic E-state index is -0.931. The van der Waals surface area contributed by atoms with Crippen LogP contribution in [-0.2, 0) is 11.2 Å². The molecule has 0 unspecified atom stereocenters. The van der Waals surface area contributed by atoms with Crippen LogP contribution in [0.3, 0.4) is 0 Å². The Morgan fingerprint density at radius 2 is 1.79 bits per heavy atom. The average molecular weight is 331 g/mol. The van der Waals surface area contributed by atoms with Gasteiger partial charge in [0.15, 0.2) is 11.5 Å². The van der Waals surface area contributed by atoms with Crippen LogP contribution in [0.4, 0.5) is 0 Å². The topological polar surface area (TPSA) is 67.8 Å². The molecule has 0 radical (unpaired) electrons. The van der Waals surface area contributed by atoms with Crippen molar-refractivity contribution in [3.63, 3.8) is 0 Å². The van der Waals surface area contributed by atoms with E-state index in [1.54, 1.807) is 20.3 Å². The van der Waals surface area contributed by atoms with Crippen molar-refractivity contribution in [2.75, 3.05) is 27.3 Å². The maximum Gasteiger partial charge on any atom is 0.328 e. The van der Waals surface area contributed by atoms with Gasteiger partial charge in [-0.3, -0.25) is 0 Å². The zero-order valence-electron chi connectivity index (χ0n) is 14.3. The fraction of sp³-hybridized carbons (Fsp3) is 0.421. The summed E-state index contributed by atoms with van der Waals surface area (Å²) in [6.45, 7) is 2.50. The molecule has 1 aliphatic carbocycles. The van der Waals surface area contributed by atoms with Crippen molar-refractivity contribution in [3.05, 3.63) is 41.0 Å². The second kappa shape index (κ2) is 9.13. The lowest BCUT2D eigenvalue weighted by atomic mass is 9.91. The predicted molar refractivity (Wildman–Crippen MR) is 94.7 cm³/mol. The first kappa shape index (κ1) is 18.1. The minimum Gasteiger partial charge on any atom is -0.493 e. The van der Waals surface area contributed by atoms with Gasteiger partial charge in [0.05, 0.1) is 14.2 Å². The first-order chi connectivity index (χ1) is 11.6. The van der Waals surface area contributed by atoms with E-state index in [0.717, 1.165) is 35.8 Å². The summed E-state index contributed by atoms with van der Waals surface area (Å²) in [4.78, 5) is 10.5. The molecule has 0 atom stereocenters. The lowest BCUT2D eigenvalue weighted by Crippen LogP contribution is -2.03. The molecular weight excluding hydrogens is 306 g/mol. The fourth-order valence-electron chi connectivity index (χ4n) is 2.77. The molecular formula is C19H25NO4. The van der Waals surface area contributed by atoms with Crippen LogP contribution in [0.15, 0.2) is 29.9 Å². The first-order valence-corrected chi connectivity index (χ1v) is 8.21. The van der Waals surface area contributed by atoms with Crippen molar-refractivity contribution in [1.82, 2.24) is 5.32 Å². The molecule has 2 aliphatic rings. The van der Waals surface area contributed by atoms with Gasteiger partial charge in [-0.05, 0) is 67.6 Å². The van der Waals surface area contributed by atoms with Gasteiger partial charge < -0.3 is 19.9 Å². The van der Waals surface area contributed by atoms with Crippen LogP contribution in [0, 0.1) is 0 Å². The highest BCUT2D eigenvalue weighted by Crippen LogP contribution is 2.35. The Bertz CT molecular complexity index is 623. The smallest absolute Gasteiger partial charge is 0.328 e. The average Bonchev–Trinajstić information content (AvgIpc) is 3.18. The summed E-state index contributed by atoms with van der Waals surface area (Å²) in [6.07, 6.45) is 9.26. The van der Waals surface area contributed by atoms with Gasteiger partial charge in [0.25, 0.3) is 0 Å². The maximum atomic E-state index is 10.5.